The zero-order valence-electron chi connectivity index (χ0n) is 15.7. The van der Waals surface area contributed by atoms with Crippen LogP contribution in [0.3, 0.4) is 0 Å². The van der Waals surface area contributed by atoms with Crippen LogP contribution in [0.25, 0.3) is 0 Å². The number of rotatable bonds is 7. The van der Waals surface area contributed by atoms with E-state index >= 15 is 0 Å². The fourth-order valence-electron chi connectivity index (χ4n) is 3.14. The molecule has 3 rings (SSSR count). The number of unbranched alkanes of at least 4 members (excludes halogenated alkanes) is 2. The van der Waals surface area contributed by atoms with Gasteiger partial charge in [0.05, 0.1) is 12.4 Å². The monoisotopic (exact) mass is 387 g/mol. The molecular weight excluding hydrogens is 362 g/mol. The predicted octanol–water partition coefficient (Wildman–Crippen LogP) is 3.38. The number of benzene rings is 1. The van der Waals surface area contributed by atoms with Gasteiger partial charge in [-0.25, -0.2) is 9.97 Å². The Morgan fingerprint density at radius 2 is 1.89 bits per heavy atom. The standard InChI is InChI=1S/C20H26ClN5O/c1-2-3-4-8-22-20(27)18-14-24-19(15-23-18)26-11-9-25(10-12-26)17-7-5-6-16(21)13-17/h5-7,13-15H,2-4,8-12H2,1H3,(H,22,27). The summed E-state index contributed by atoms with van der Waals surface area (Å²) < 4.78 is 0. The third-order valence-electron chi connectivity index (χ3n) is 4.71. The van der Waals surface area contributed by atoms with Crippen LogP contribution in [0.5, 0.6) is 0 Å². The van der Waals surface area contributed by atoms with Crippen LogP contribution in [-0.4, -0.2) is 48.6 Å². The maximum absolute atomic E-state index is 12.1. The van der Waals surface area contributed by atoms with Crippen LogP contribution >= 0.6 is 11.6 Å². The van der Waals surface area contributed by atoms with E-state index in [1.165, 1.54) is 0 Å². The molecule has 0 unspecified atom stereocenters. The molecule has 0 bridgehead atoms. The summed E-state index contributed by atoms with van der Waals surface area (Å²) in [6.07, 6.45) is 6.50. The van der Waals surface area contributed by atoms with Crippen LogP contribution in [0.4, 0.5) is 11.5 Å². The summed E-state index contributed by atoms with van der Waals surface area (Å²) in [5, 5.41) is 3.64. The van der Waals surface area contributed by atoms with E-state index in [2.05, 4.69) is 38.1 Å². The minimum atomic E-state index is -0.157. The lowest BCUT2D eigenvalue weighted by Crippen LogP contribution is -2.46. The van der Waals surface area contributed by atoms with Crippen LogP contribution < -0.4 is 15.1 Å². The number of piperazine rings is 1. The zero-order valence-corrected chi connectivity index (χ0v) is 16.5. The fraction of sp³-hybridized carbons (Fsp3) is 0.450. The third kappa shape index (κ3) is 5.32. The highest BCUT2D eigenvalue weighted by atomic mass is 35.5. The van der Waals surface area contributed by atoms with E-state index in [9.17, 15) is 4.79 Å². The molecule has 1 aliphatic heterocycles. The van der Waals surface area contributed by atoms with Crippen LogP contribution in [0.15, 0.2) is 36.7 Å². The molecule has 1 N–H and O–H groups in total. The molecule has 1 fully saturated rings. The number of carbonyl (C=O) groups is 1. The summed E-state index contributed by atoms with van der Waals surface area (Å²) in [4.78, 5) is 25.3. The van der Waals surface area contributed by atoms with Gasteiger partial charge in [0.2, 0.25) is 0 Å². The Morgan fingerprint density at radius 1 is 1.11 bits per heavy atom. The first-order valence-corrected chi connectivity index (χ1v) is 9.91. The predicted molar refractivity (Wildman–Crippen MR) is 110 cm³/mol. The van der Waals surface area contributed by atoms with Gasteiger partial charge in [0.1, 0.15) is 11.5 Å². The lowest BCUT2D eigenvalue weighted by Gasteiger charge is -2.36. The molecule has 1 saturated heterocycles. The van der Waals surface area contributed by atoms with Gasteiger partial charge < -0.3 is 15.1 Å². The number of halogens is 1. The molecule has 2 heterocycles. The van der Waals surface area contributed by atoms with Crippen molar-refractivity contribution in [2.45, 2.75) is 26.2 Å². The number of hydrogen-bond donors (Lipinski definition) is 1. The number of carbonyl (C=O) groups excluding carboxylic acids is 1. The number of amides is 1. The van der Waals surface area contributed by atoms with E-state index in [1.54, 1.807) is 12.4 Å². The molecule has 144 valence electrons. The van der Waals surface area contributed by atoms with Crippen molar-refractivity contribution < 1.29 is 4.79 Å². The van der Waals surface area contributed by atoms with Crippen molar-refractivity contribution in [1.29, 1.82) is 0 Å². The molecule has 1 aromatic heterocycles. The minimum absolute atomic E-state index is 0.157. The second-order valence-electron chi connectivity index (χ2n) is 6.68. The minimum Gasteiger partial charge on any atom is -0.368 e. The second-order valence-corrected chi connectivity index (χ2v) is 7.11. The summed E-state index contributed by atoms with van der Waals surface area (Å²) in [5.74, 6) is 0.652. The molecule has 2 aromatic rings. The number of nitrogens with one attached hydrogen (secondary N) is 1. The number of hydrogen-bond acceptors (Lipinski definition) is 5. The summed E-state index contributed by atoms with van der Waals surface area (Å²) in [6.45, 7) is 6.30. The van der Waals surface area contributed by atoms with Crippen LogP contribution in [-0.2, 0) is 0 Å². The Morgan fingerprint density at radius 3 is 2.56 bits per heavy atom. The molecule has 0 atom stereocenters. The molecule has 1 aromatic carbocycles. The van der Waals surface area contributed by atoms with Gasteiger partial charge in [-0.2, -0.15) is 0 Å². The van der Waals surface area contributed by atoms with Crippen molar-refractivity contribution in [3.05, 3.63) is 47.4 Å². The molecule has 0 spiro atoms. The molecule has 7 heteroatoms. The first kappa shape index (κ1) is 19.4. The van der Waals surface area contributed by atoms with Gasteiger partial charge in [-0.1, -0.05) is 37.4 Å². The second kappa shape index (κ2) is 9.55. The van der Waals surface area contributed by atoms with Gasteiger partial charge in [-0.15, -0.1) is 0 Å². The van der Waals surface area contributed by atoms with Crippen molar-refractivity contribution in [1.82, 2.24) is 15.3 Å². The van der Waals surface area contributed by atoms with E-state index in [0.717, 1.165) is 62.0 Å². The van der Waals surface area contributed by atoms with Crippen LogP contribution in [0, 0.1) is 0 Å². The van der Waals surface area contributed by atoms with E-state index in [1.807, 2.05) is 18.2 Å². The molecule has 0 radical (unpaired) electrons. The quantitative estimate of drug-likeness (QED) is 0.738. The molecule has 1 amide bonds. The van der Waals surface area contributed by atoms with Crippen molar-refractivity contribution >= 4 is 29.0 Å². The molecule has 0 aliphatic carbocycles. The lowest BCUT2D eigenvalue weighted by molar-refractivity contribution is 0.0947. The van der Waals surface area contributed by atoms with Crippen molar-refractivity contribution in [3.8, 4) is 0 Å². The lowest BCUT2D eigenvalue weighted by atomic mass is 10.2. The smallest absolute Gasteiger partial charge is 0.271 e. The van der Waals surface area contributed by atoms with Gasteiger partial charge >= 0.3 is 0 Å². The number of anilines is 2. The Kier molecular flexibility index (Phi) is 6.87. The first-order chi connectivity index (χ1) is 13.2. The Balaban J connectivity index is 1.52. The molecule has 27 heavy (non-hydrogen) atoms. The normalized spacial score (nSPS) is 14.3. The van der Waals surface area contributed by atoms with Gasteiger partial charge in [-0.3, -0.25) is 4.79 Å². The summed E-state index contributed by atoms with van der Waals surface area (Å²) in [7, 11) is 0. The van der Waals surface area contributed by atoms with Gasteiger partial charge in [0.25, 0.3) is 5.91 Å². The Labute approximate surface area is 165 Å². The summed E-state index contributed by atoms with van der Waals surface area (Å²) in [6, 6.07) is 7.93. The maximum atomic E-state index is 12.1. The molecule has 1 aliphatic rings. The third-order valence-corrected chi connectivity index (χ3v) is 4.95. The van der Waals surface area contributed by atoms with Crippen molar-refractivity contribution in [2.75, 3.05) is 42.5 Å². The zero-order chi connectivity index (χ0) is 19.1. The van der Waals surface area contributed by atoms with Gasteiger partial charge in [0.15, 0.2) is 0 Å². The van der Waals surface area contributed by atoms with E-state index in [4.69, 9.17) is 11.6 Å². The topological polar surface area (TPSA) is 61.4 Å². The van der Waals surface area contributed by atoms with E-state index in [-0.39, 0.29) is 5.91 Å². The van der Waals surface area contributed by atoms with E-state index in [0.29, 0.717) is 12.2 Å². The number of nitrogens with zero attached hydrogens (tertiary/aromatic N) is 4. The highest BCUT2D eigenvalue weighted by Gasteiger charge is 2.19. The maximum Gasteiger partial charge on any atom is 0.271 e. The average Bonchev–Trinajstić information content (AvgIpc) is 2.71. The van der Waals surface area contributed by atoms with Crippen LogP contribution in [0.2, 0.25) is 5.02 Å². The number of aromatic nitrogens is 2. The molecule has 6 nitrogen and oxygen atoms in total. The van der Waals surface area contributed by atoms with Gasteiger partial charge in [0, 0.05) is 43.4 Å². The van der Waals surface area contributed by atoms with E-state index < -0.39 is 0 Å². The van der Waals surface area contributed by atoms with Crippen molar-refractivity contribution in [3.63, 3.8) is 0 Å². The summed E-state index contributed by atoms with van der Waals surface area (Å²) >= 11 is 6.09. The fourth-order valence-corrected chi connectivity index (χ4v) is 3.32. The average molecular weight is 388 g/mol. The molecular formula is C20H26ClN5O. The largest absolute Gasteiger partial charge is 0.368 e. The highest BCUT2D eigenvalue weighted by Crippen LogP contribution is 2.22. The Hall–Kier alpha value is -2.34. The SMILES string of the molecule is CCCCCNC(=O)c1cnc(N2CCN(c3cccc(Cl)c3)CC2)cn1. The highest BCUT2D eigenvalue weighted by molar-refractivity contribution is 6.30. The summed E-state index contributed by atoms with van der Waals surface area (Å²) in [5.41, 5.74) is 1.51. The molecule has 0 saturated carbocycles. The van der Waals surface area contributed by atoms with Gasteiger partial charge in [-0.05, 0) is 24.6 Å². The van der Waals surface area contributed by atoms with Crippen molar-refractivity contribution in [2.24, 2.45) is 0 Å². The van der Waals surface area contributed by atoms with Crippen LogP contribution in [0.1, 0.15) is 36.7 Å². The first-order valence-electron chi connectivity index (χ1n) is 9.53. The Bertz CT molecular complexity index is 744.